The summed E-state index contributed by atoms with van der Waals surface area (Å²) >= 11 is 0. The van der Waals surface area contributed by atoms with Crippen LogP contribution in [0.25, 0.3) is 6.08 Å². The first kappa shape index (κ1) is 22.3. The van der Waals surface area contributed by atoms with Crippen LogP contribution in [-0.2, 0) is 16.0 Å². The van der Waals surface area contributed by atoms with Gasteiger partial charge in [-0.15, -0.1) is 0 Å². The minimum Gasteiger partial charge on any atom is -0.340 e. The van der Waals surface area contributed by atoms with E-state index in [2.05, 4.69) is 16.9 Å². The molecule has 0 aliphatic carbocycles. The van der Waals surface area contributed by atoms with E-state index in [9.17, 15) is 9.59 Å². The number of aromatic nitrogens is 1. The molecule has 1 aromatic rings. The number of piperidine rings is 1. The number of fused-ring (bicyclic) bond motifs is 1. The maximum Gasteiger partial charge on any atom is 0.246 e. The van der Waals surface area contributed by atoms with Gasteiger partial charge in [-0.1, -0.05) is 20.4 Å². The van der Waals surface area contributed by atoms with Crippen molar-refractivity contribution >= 4 is 30.0 Å². The topological polar surface area (TPSA) is 89.4 Å². The zero-order valence-corrected chi connectivity index (χ0v) is 17.4. The normalized spacial score (nSPS) is 16.3. The molecule has 2 amide bonds. The Balaban J connectivity index is 0.00000146. The molecule has 0 spiro atoms. The fourth-order valence-electron chi connectivity index (χ4n) is 3.45. The highest BCUT2D eigenvalue weighted by Crippen LogP contribution is 2.22. The summed E-state index contributed by atoms with van der Waals surface area (Å²) in [5, 5.41) is 10.1. The zero-order chi connectivity index (χ0) is 21.2. The van der Waals surface area contributed by atoms with E-state index >= 15 is 0 Å². The molecule has 0 atom stereocenters. The molecular weight excluding hydrogens is 366 g/mol. The number of pyridine rings is 1. The number of hydrogen-bond donors (Lipinski definition) is 2. The molecule has 2 N–H and O–H groups in total. The van der Waals surface area contributed by atoms with Gasteiger partial charge in [0.05, 0.1) is 6.34 Å². The lowest BCUT2D eigenvalue weighted by Crippen LogP contribution is -2.40. The van der Waals surface area contributed by atoms with Crippen LogP contribution in [0, 0.1) is 11.3 Å². The van der Waals surface area contributed by atoms with E-state index in [0.717, 1.165) is 43.6 Å². The SMILES string of the molecule is C=CN(C=N)CC1CCN(C(=O)/C=C/c2cnc3c(c2)CCC(=O)N3)CC1.CC.[HH]. The second-order valence-electron chi connectivity index (χ2n) is 6.94. The van der Waals surface area contributed by atoms with Gasteiger partial charge in [0, 0.05) is 39.8 Å². The van der Waals surface area contributed by atoms with Crippen LogP contribution in [0.15, 0.2) is 31.1 Å². The number of hydrogen-bond acceptors (Lipinski definition) is 4. The molecule has 3 heterocycles. The maximum absolute atomic E-state index is 12.4. The highest BCUT2D eigenvalue weighted by Gasteiger charge is 2.22. The highest BCUT2D eigenvalue weighted by molar-refractivity contribution is 5.93. The van der Waals surface area contributed by atoms with Crippen LogP contribution in [0.2, 0.25) is 0 Å². The number of carbonyl (C=O) groups excluding carboxylic acids is 2. The quantitative estimate of drug-likeness (QED) is 0.435. The number of anilines is 1. The average Bonchev–Trinajstić information content (AvgIpc) is 2.77. The molecular formula is C22H33N5O2. The molecule has 7 nitrogen and oxygen atoms in total. The first-order valence-electron chi connectivity index (χ1n) is 10.2. The molecule has 3 rings (SSSR count). The number of rotatable bonds is 6. The average molecular weight is 400 g/mol. The number of carbonyl (C=O) groups is 2. The van der Waals surface area contributed by atoms with Gasteiger partial charge < -0.3 is 15.1 Å². The van der Waals surface area contributed by atoms with Crippen molar-refractivity contribution in [1.82, 2.24) is 14.8 Å². The van der Waals surface area contributed by atoms with E-state index in [1.54, 1.807) is 29.4 Å². The van der Waals surface area contributed by atoms with E-state index in [4.69, 9.17) is 5.41 Å². The van der Waals surface area contributed by atoms with Crippen molar-refractivity contribution in [2.24, 2.45) is 5.92 Å². The van der Waals surface area contributed by atoms with E-state index < -0.39 is 0 Å². The molecule has 0 bridgehead atoms. The summed E-state index contributed by atoms with van der Waals surface area (Å²) in [7, 11) is 0. The summed E-state index contributed by atoms with van der Waals surface area (Å²) in [4.78, 5) is 31.7. The Kier molecular flexibility index (Phi) is 8.58. The molecule has 1 aromatic heterocycles. The third-order valence-electron chi connectivity index (χ3n) is 5.08. The lowest BCUT2D eigenvalue weighted by Gasteiger charge is -2.33. The summed E-state index contributed by atoms with van der Waals surface area (Å²) in [6.45, 7) is 9.93. The van der Waals surface area contributed by atoms with E-state index in [1.807, 2.05) is 24.8 Å². The second kappa shape index (κ2) is 11.1. The third kappa shape index (κ3) is 6.27. The molecule has 7 heteroatoms. The largest absolute Gasteiger partial charge is 0.340 e. The van der Waals surface area contributed by atoms with Crippen LogP contribution in [0.1, 0.15) is 45.7 Å². The van der Waals surface area contributed by atoms with Gasteiger partial charge >= 0.3 is 0 Å². The van der Waals surface area contributed by atoms with Gasteiger partial charge in [-0.25, -0.2) is 4.98 Å². The molecule has 0 aromatic carbocycles. The number of aryl methyl sites for hydroxylation is 1. The lowest BCUT2D eigenvalue weighted by molar-refractivity contribution is -0.127. The van der Waals surface area contributed by atoms with Gasteiger partial charge in [-0.3, -0.25) is 15.0 Å². The van der Waals surface area contributed by atoms with Crippen LogP contribution in [0.3, 0.4) is 0 Å². The minimum absolute atomic E-state index is 0. The molecule has 2 aliphatic heterocycles. The minimum atomic E-state index is -0.00583. The van der Waals surface area contributed by atoms with Gasteiger partial charge in [0.15, 0.2) is 0 Å². The summed E-state index contributed by atoms with van der Waals surface area (Å²) in [6, 6.07) is 1.97. The molecule has 158 valence electrons. The second-order valence-corrected chi connectivity index (χ2v) is 6.94. The Morgan fingerprint density at radius 1 is 1.41 bits per heavy atom. The van der Waals surface area contributed by atoms with Crippen molar-refractivity contribution < 1.29 is 11.0 Å². The van der Waals surface area contributed by atoms with Gasteiger partial charge in [0.2, 0.25) is 11.8 Å². The fourth-order valence-corrected chi connectivity index (χ4v) is 3.45. The van der Waals surface area contributed by atoms with Crippen LogP contribution >= 0.6 is 0 Å². The maximum atomic E-state index is 12.4. The van der Waals surface area contributed by atoms with Crippen LogP contribution in [-0.4, -0.2) is 52.6 Å². The van der Waals surface area contributed by atoms with Crippen LogP contribution in [0.4, 0.5) is 5.82 Å². The predicted molar refractivity (Wildman–Crippen MR) is 119 cm³/mol. The Morgan fingerprint density at radius 3 is 2.79 bits per heavy atom. The van der Waals surface area contributed by atoms with Gasteiger partial charge in [-0.2, -0.15) is 0 Å². The summed E-state index contributed by atoms with van der Waals surface area (Å²) in [5.74, 6) is 1.09. The monoisotopic (exact) mass is 399 g/mol. The molecule has 0 saturated carbocycles. The highest BCUT2D eigenvalue weighted by atomic mass is 16.2. The molecule has 1 fully saturated rings. The van der Waals surface area contributed by atoms with Gasteiger partial charge in [0.1, 0.15) is 5.82 Å². The summed E-state index contributed by atoms with van der Waals surface area (Å²) in [6.07, 6.45) is 11.0. The smallest absolute Gasteiger partial charge is 0.246 e. The number of amides is 2. The molecule has 0 radical (unpaired) electrons. The first-order valence-corrected chi connectivity index (χ1v) is 10.2. The lowest BCUT2D eigenvalue weighted by atomic mass is 9.96. The van der Waals surface area contributed by atoms with Crippen molar-refractivity contribution in [2.75, 3.05) is 25.0 Å². The Hall–Kier alpha value is -2.96. The number of nitrogens with one attached hydrogen (secondary N) is 2. The van der Waals surface area contributed by atoms with Crippen molar-refractivity contribution in [3.63, 3.8) is 0 Å². The third-order valence-corrected chi connectivity index (χ3v) is 5.08. The van der Waals surface area contributed by atoms with Gasteiger partial charge in [-0.05, 0) is 54.6 Å². The first-order chi connectivity index (χ1) is 14.1. The zero-order valence-electron chi connectivity index (χ0n) is 17.4. The summed E-state index contributed by atoms with van der Waals surface area (Å²) < 4.78 is 0. The van der Waals surface area contributed by atoms with Crippen LogP contribution < -0.4 is 5.32 Å². The van der Waals surface area contributed by atoms with E-state index in [0.29, 0.717) is 24.6 Å². The Bertz CT molecular complexity index is 765. The van der Waals surface area contributed by atoms with Crippen molar-refractivity contribution in [1.29, 1.82) is 5.41 Å². The molecule has 0 unspecified atom stereocenters. The Morgan fingerprint density at radius 2 is 2.14 bits per heavy atom. The summed E-state index contributed by atoms with van der Waals surface area (Å²) in [5.41, 5.74) is 1.86. The van der Waals surface area contributed by atoms with Crippen molar-refractivity contribution in [3.8, 4) is 0 Å². The standard InChI is InChI=1S/C20H25N5O2.C2H6.H2/c1-2-24(14-21)13-15-7-9-25(10-8-15)19(27)6-3-16-11-17-4-5-18(26)23-20(17)22-12-16;1-2;/h2-3,6,11-12,14-15,21H,1,4-5,7-10,13H2,(H,22,23,26);1-2H3;1H/b6-3+,21-14?;;. The van der Waals surface area contributed by atoms with Crippen molar-refractivity contribution in [3.05, 3.63) is 42.2 Å². The fraction of sp³-hybridized carbons (Fsp3) is 0.455. The van der Waals surface area contributed by atoms with E-state index in [1.165, 1.54) is 6.34 Å². The van der Waals surface area contributed by atoms with Crippen LogP contribution in [0.5, 0.6) is 0 Å². The van der Waals surface area contributed by atoms with E-state index in [-0.39, 0.29) is 13.2 Å². The van der Waals surface area contributed by atoms with Crippen molar-refractivity contribution in [2.45, 2.75) is 39.5 Å². The Labute approximate surface area is 174 Å². The molecule has 29 heavy (non-hydrogen) atoms. The number of likely N-dealkylation sites (tertiary alicyclic amines) is 1. The van der Waals surface area contributed by atoms with Gasteiger partial charge in [0.25, 0.3) is 0 Å². The molecule has 1 saturated heterocycles. The predicted octanol–water partition coefficient (Wildman–Crippen LogP) is 3.54. The molecule has 2 aliphatic rings. The number of nitrogens with zero attached hydrogens (tertiary/aromatic N) is 3.